The Labute approximate surface area is 150 Å². The molecule has 2 atom stereocenters. The van der Waals surface area contributed by atoms with Crippen molar-refractivity contribution in [2.24, 2.45) is 0 Å². The fraction of sp³-hybridized carbons (Fsp3) is 0.111. The van der Waals surface area contributed by atoms with E-state index in [-0.39, 0.29) is 5.76 Å². The molecule has 2 unspecified atom stereocenters. The van der Waals surface area contributed by atoms with Crippen LogP contribution in [0.2, 0.25) is 0 Å². The van der Waals surface area contributed by atoms with Crippen LogP contribution in [-0.2, 0) is 14.0 Å². The highest BCUT2D eigenvalue weighted by atomic mass is 31.2. The van der Waals surface area contributed by atoms with Crippen molar-refractivity contribution >= 4 is 7.82 Å². The number of phosphoric acid groups is 1. The largest absolute Gasteiger partial charge is 0.647 e. The zero-order chi connectivity index (χ0) is 18.4. The van der Waals surface area contributed by atoms with Crippen molar-refractivity contribution in [2.45, 2.75) is 12.2 Å². The van der Waals surface area contributed by atoms with Gasteiger partial charge in [-0.1, -0.05) is 36.4 Å². The maximum absolute atomic E-state index is 13.2. The molecule has 0 bridgehead atoms. The number of aliphatic hydroxyl groups excluding tert-OH is 1. The molecular formula is C18H17O7P. The molecule has 0 amide bonds. The summed E-state index contributed by atoms with van der Waals surface area (Å²) in [5.41, 5.74) is 0. The summed E-state index contributed by atoms with van der Waals surface area (Å²) in [6.45, 7) is 0. The number of para-hydroxylation sites is 2. The number of phosphoric ester groups is 1. The molecule has 1 aliphatic rings. The summed E-state index contributed by atoms with van der Waals surface area (Å²) in [7, 11) is -4.13. The number of hydrogen-bond acceptors (Lipinski definition) is 7. The number of rotatable bonds is 7. The van der Waals surface area contributed by atoms with Gasteiger partial charge in [0.25, 0.3) is 0 Å². The third-order valence-corrected chi connectivity index (χ3v) is 4.69. The van der Waals surface area contributed by atoms with E-state index in [2.05, 4.69) is 4.89 Å². The molecule has 136 valence electrons. The molecule has 0 spiro atoms. The molecule has 2 N–H and O–H groups in total. The molecule has 0 saturated heterocycles. The Morgan fingerprint density at radius 1 is 0.846 bits per heavy atom. The van der Waals surface area contributed by atoms with E-state index >= 15 is 0 Å². The molecule has 1 aliphatic carbocycles. The molecule has 0 heterocycles. The van der Waals surface area contributed by atoms with E-state index in [9.17, 15) is 9.67 Å². The number of benzene rings is 2. The quantitative estimate of drug-likeness (QED) is 0.429. The summed E-state index contributed by atoms with van der Waals surface area (Å²) in [5, 5.41) is 18.5. The molecule has 0 radical (unpaired) electrons. The van der Waals surface area contributed by atoms with Crippen LogP contribution in [0.4, 0.5) is 0 Å². The predicted octanol–water partition coefficient (Wildman–Crippen LogP) is 3.94. The lowest BCUT2D eigenvalue weighted by Crippen LogP contribution is -2.27. The third kappa shape index (κ3) is 4.74. The van der Waals surface area contributed by atoms with Crippen LogP contribution in [0.1, 0.15) is 0 Å². The maximum Gasteiger partial charge on any atom is 0.647 e. The molecule has 8 heteroatoms. The van der Waals surface area contributed by atoms with E-state index in [1.54, 1.807) is 60.7 Å². The minimum Gasteiger partial charge on any atom is -0.386 e. The molecule has 7 nitrogen and oxygen atoms in total. The summed E-state index contributed by atoms with van der Waals surface area (Å²) in [4.78, 5) is 4.16. The van der Waals surface area contributed by atoms with Crippen LogP contribution in [0, 0.1) is 0 Å². The summed E-state index contributed by atoms with van der Waals surface area (Å²) in [6, 6.07) is 16.9. The standard InChI is InChI=1S/C18H17O7P/c19-17-12-11-16(13-18(17)22-20)25-26(21,23-14-7-3-1-4-8-14)24-15-9-5-2-6-10-15/h1-13,17-20H. The summed E-state index contributed by atoms with van der Waals surface area (Å²) < 4.78 is 29.6. The number of allylic oxidation sites excluding steroid dienone is 1. The van der Waals surface area contributed by atoms with E-state index in [0.29, 0.717) is 11.5 Å². The Balaban J connectivity index is 1.85. The molecule has 0 saturated carbocycles. The highest BCUT2D eigenvalue weighted by Gasteiger charge is 2.35. The van der Waals surface area contributed by atoms with E-state index in [1.165, 1.54) is 18.2 Å². The second kappa shape index (κ2) is 8.21. The normalized spacial score (nSPS) is 19.5. The van der Waals surface area contributed by atoms with Gasteiger partial charge < -0.3 is 18.7 Å². The fourth-order valence-corrected chi connectivity index (χ4v) is 3.43. The van der Waals surface area contributed by atoms with E-state index in [1.807, 2.05) is 0 Å². The van der Waals surface area contributed by atoms with Gasteiger partial charge >= 0.3 is 7.82 Å². The Bertz CT molecular complexity index is 774. The zero-order valence-corrected chi connectivity index (χ0v) is 14.4. The number of hydrogen-bond donors (Lipinski definition) is 2. The molecular weight excluding hydrogens is 359 g/mol. The first-order valence-corrected chi connectivity index (χ1v) is 9.21. The predicted molar refractivity (Wildman–Crippen MR) is 93.6 cm³/mol. The van der Waals surface area contributed by atoms with Gasteiger partial charge in [0.05, 0.1) is 0 Å². The van der Waals surface area contributed by atoms with Crippen molar-refractivity contribution in [3.63, 3.8) is 0 Å². The highest BCUT2D eigenvalue weighted by molar-refractivity contribution is 7.49. The van der Waals surface area contributed by atoms with Gasteiger partial charge in [-0.2, -0.15) is 4.57 Å². The lowest BCUT2D eigenvalue weighted by molar-refractivity contribution is -0.279. The summed E-state index contributed by atoms with van der Waals surface area (Å²) in [5.74, 6) is 0.647. The smallest absolute Gasteiger partial charge is 0.386 e. The molecule has 0 aromatic heterocycles. The van der Waals surface area contributed by atoms with E-state index in [4.69, 9.17) is 18.8 Å². The second-order valence-electron chi connectivity index (χ2n) is 5.34. The van der Waals surface area contributed by atoms with Crippen LogP contribution >= 0.6 is 7.82 Å². The lowest BCUT2D eigenvalue weighted by Gasteiger charge is -2.23. The topological polar surface area (TPSA) is 94.5 Å². The first-order chi connectivity index (χ1) is 12.6. The number of aliphatic hydroxyl groups is 1. The summed E-state index contributed by atoms with van der Waals surface area (Å²) >= 11 is 0. The van der Waals surface area contributed by atoms with Crippen molar-refractivity contribution in [2.75, 3.05) is 0 Å². The van der Waals surface area contributed by atoms with Crippen LogP contribution in [0.5, 0.6) is 11.5 Å². The van der Waals surface area contributed by atoms with Crippen molar-refractivity contribution in [3.05, 3.63) is 84.7 Å². The van der Waals surface area contributed by atoms with Crippen LogP contribution in [0.3, 0.4) is 0 Å². The van der Waals surface area contributed by atoms with Crippen molar-refractivity contribution in [3.8, 4) is 11.5 Å². The Hall–Kier alpha value is -2.57. The highest BCUT2D eigenvalue weighted by Crippen LogP contribution is 2.51. The molecule has 2 aromatic carbocycles. The van der Waals surface area contributed by atoms with Gasteiger partial charge in [0, 0.05) is 0 Å². The van der Waals surface area contributed by atoms with Crippen molar-refractivity contribution < 1.29 is 33.4 Å². The molecule has 2 aromatic rings. The fourth-order valence-electron chi connectivity index (χ4n) is 2.18. The van der Waals surface area contributed by atoms with Gasteiger partial charge in [-0.25, -0.2) is 4.89 Å². The van der Waals surface area contributed by atoms with Gasteiger partial charge in [-0.3, -0.25) is 5.26 Å². The van der Waals surface area contributed by atoms with Crippen LogP contribution < -0.4 is 9.05 Å². The zero-order valence-electron chi connectivity index (χ0n) is 13.5. The second-order valence-corrected chi connectivity index (χ2v) is 6.78. The minimum atomic E-state index is -4.13. The van der Waals surface area contributed by atoms with Gasteiger partial charge in [-0.15, -0.1) is 0 Å². The SMILES string of the molecule is O=P(OC1=CC(OO)C(O)C=C1)(Oc1ccccc1)Oc1ccccc1. The van der Waals surface area contributed by atoms with Gasteiger partial charge in [0.15, 0.2) is 0 Å². The van der Waals surface area contributed by atoms with Crippen molar-refractivity contribution in [1.29, 1.82) is 0 Å². The Morgan fingerprint density at radius 3 is 1.88 bits per heavy atom. The van der Waals surface area contributed by atoms with Crippen LogP contribution in [0.15, 0.2) is 84.7 Å². The first-order valence-electron chi connectivity index (χ1n) is 7.75. The third-order valence-electron chi connectivity index (χ3n) is 3.38. The van der Waals surface area contributed by atoms with Crippen LogP contribution in [0.25, 0.3) is 0 Å². The average Bonchev–Trinajstić information content (AvgIpc) is 2.64. The molecule has 26 heavy (non-hydrogen) atoms. The Kier molecular flexibility index (Phi) is 5.75. The van der Waals surface area contributed by atoms with Gasteiger partial charge in [-0.05, 0) is 42.5 Å². The van der Waals surface area contributed by atoms with Gasteiger partial charge in [0.2, 0.25) is 0 Å². The minimum absolute atomic E-state index is 0.0598. The Morgan fingerprint density at radius 2 is 1.38 bits per heavy atom. The molecule has 3 rings (SSSR count). The van der Waals surface area contributed by atoms with Gasteiger partial charge in [0.1, 0.15) is 29.5 Å². The van der Waals surface area contributed by atoms with E-state index < -0.39 is 20.0 Å². The lowest BCUT2D eigenvalue weighted by atomic mass is 10.1. The first kappa shape index (κ1) is 18.2. The maximum atomic E-state index is 13.2. The molecule has 0 aliphatic heterocycles. The van der Waals surface area contributed by atoms with Crippen LogP contribution in [-0.4, -0.2) is 22.6 Å². The summed E-state index contributed by atoms with van der Waals surface area (Å²) in [6.07, 6.45) is 1.86. The molecule has 0 fully saturated rings. The monoisotopic (exact) mass is 376 g/mol. The average molecular weight is 376 g/mol. The van der Waals surface area contributed by atoms with Crippen molar-refractivity contribution in [1.82, 2.24) is 0 Å². The van der Waals surface area contributed by atoms with E-state index in [0.717, 1.165) is 0 Å².